The second-order valence-corrected chi connectivity index (χ2v) is 6.80. The summed E-state index contributed by atoms with van der Waals surface area (Å²) in [4.78, 5) is 2.64. The zero-order valence-corrected chi connectivity index (χ0v) is 12.5. The summed E-state index contributed by atoms with van der Waals surface area (Å²) in [6.45, 7) is 9.94. The summed E-state index contributed by atoms with van der Waals surface area (Å²) in [5.41, 5.74) is 0. The smallest absolute Gasteiger partial charge is 0.0224 e. The summed E-state index contributed by atoms with van der Waals surface area (Å²) in [5, 5.41) is 3.81. The van der Waals surface area contributed by atoms with Gasteiger partial charge in [0.05, 0.1) is 0 Å². The highest BCUT2D eigenvalue weighted by Crippen LogP contribution is 2.27. The lowest BCUT2D eigenvalue weighted by Gasteiger charge is -2.45. The number of fused-ring (bicyclic) bond motifs is 3. The topological polar surface area (TPSA) is 15.3 Å². The standard InChI is InChI=1S/C16H32N2/c1-14(2)7-5-3-4-6-10-17-16-13-18-11-8-15(16)9-12-18/h14-17H,3-13H2,1-2H3. The number of hydrogen-bond acceptors (Lipinski definition) is 2. The Bertz CT molecular complexity index is 219. The van der Waals surface area contributed by atoms with E-state index in [0.29, 0.717) is 0 Å². The molecular formula is C16H32N2. The number of hydrogen-bond donors (Lipinski definition) is 1. The zero-order valence-electron chi connectivity index (χ0n) is 12.5. The fourth-order valence-corrected chi connectivity index (χ4v) is 3.51. The second kappa shape index (κ2) is 7.49. The molecule has 2 bridgehead atoms. The molecule has 0 amide bonds. The van der Waals surface area contributed by atoms with Crippen molar-refractivity contribution >= 4 is 0 Å². The maximum absolute atomic E-state index is 3.81. The normalized spacial score (nSPS) is 31.2. The molecule has 3 aliphatic rings. The van der Waals surface area contributed by atoms with Crippen LogP contribution in [0.2, 0.25) is 0 Å². The van der Waals surface area contributed by atoms with Crippen LogP contribution in [0.15, 0.2) is 0 Å². The Kier molecular flexibility index (Phi) is 5.97. The van der Waals surface area contributed by atoms with E-state index >= 15 is 0 Å². The fourth-order valence-electron chi connectivity index (χ4n) is 3.51. The third-order valence-electron chi connectivity index (χ3n) is 4.77. The number of rotatable bonds is 8. The van der Waals surface area contributed by atoms with E-state index in [2.05, 4.69) is 24.1 Å². The first-order valence-corrected chi connectivity index (χ1v) is 8.21. The minimum absolute atomic E-state index is 0.808. The molecule has 18 heavy (non-hydrogen) atoms. The molecule has 3 fully saturated rings. The maximum atomic E-state index is 3.81. The molecule has 2 heteroatoms. The Morgan fingerprint density at radius 2 is 1.78 bits per heavy atom. The van der Waals surface area contributed by atoms with E-state index in [1.54, 1.807) is 0 Å². The number of nitrogens with zero attached hydrogens (tertiary/aromatic N) is 1. The van der Waals surface area contributed by atoms with Crippen LogP contribution in [0.25, 0.3) is 0 Å². The van der Waals surface area contributed by atoms with Gasteiger partial charge in [0.2, 0.25) is 0 Å². The van der Waals surface area contributed by atoms with Crippen molar-refractivity contribution in [1.29, 1.82) is 0 Å². The van der Waals surface area contributed by atoms with E-state index in [1.807, 2.05) is 0 Å². The molecule has 2 nitrogen and oxygen atoms in total. The summed E-state index contributed by atoms with van der Waals surface area (Å²) < 4.78 is 0. The summed E-state index contributed by atoms with van der Waals surface area (Å²) in [6, 6.07) is 0.808. The highest BCUT2D eigenvalue weighted by atomic mass is 15.2. The van der Waals surface area contributed by atoms with Crippen molar-refractivity contribution in [2.45, 2.75) is 64.8 Å². The molecule has 0 aliphatic carbocycles. The van der Waals surface area contributed by atoms with Crippen LogP contribution < -0.4 is 5.32 Å². The molecule has 0 radical (unpaired) electrons. The van der Waals surface area contributed by atoms with Crippen molar-refractivity contribution in [3.8, 4) is 0 Å². The molecule has 3 aliphatic heterocycles. The molecule has 0 aromatic heterocycles. The molecule has 1 N–H and O–H groups in total. The maximum Gasteiger partial charge on any atom is 0.0224 e. The van der Waals surface area contributed by atoms with Crippen LogP contribution in [-0.4, -0.2) is 37.1 Å². The van der Waals surface area contributed by atoms with Crippen LogP contribution in [0.1, 0.15) is 58.8 Å². The summed E-state index contributed by atoms with van der Waals surface area (Å²) in [5.74, 6) is 1.87. The molecule has 0 spiro atoms. The number of piperidine rings is 3. The number of unbranched alkanes of at least 4 members (excludes halogenated alkanes) is 3. The van der Waals surface area contributed by atoms with E-state index in [9.17, 15) is 0 Å². The Morgan fingerprint density at radius 3 is 2.39 bits per heavy atom. The first kappa shape index (κ1) is 14.3. The van der Waals surface area contributed by atoms with Gasteiger partial charge in [0.1, 0.15) is 0 Å². The monoisotopic (exact) mass is 252 g/mol. The minimum atomic E-state index is 0.808. The van der Waals surface area contributed by atoms with E-state index in [4.69, 9.17) is 0 Å². The van der Waals surface area contributed by atoms with Crippen molar-refractivity contribution in [3.63, 3.8) is 0 Å². The van der Waals surface area contributed by atoms with Gasteiger partial charge in [-0.25, -0.2) is 0 Å². The third kappa shape index (κ3) is 4.55. The third-order valence-corrected chi connectivity index (χ3v) is 4.77. The van der Waals surface area contributed by atoms with Gasteiger partial charge in [-0.2, -0.15) is 0 Å². The van der Waals surface area contributed by atoms with Crippen molar-refractivity contribution in [2.75, 3.05) is 26.2 Å². The van der Waals surface area contributed by atoms with Gasteiger partial charge in [-0.15, -0.1) is 0 Å². The van der Waals surface area contributed by atoms with Gasteiger partial charge in [-0.05, 0) is 50.7 Å². The van der Waals surface area contributed by atoms with Gasteiger partial charge >= 0.3 is 0 Å². The quantitative estimate of drug-likeness (QED) is 0.667. The van der Waals surface area contributed by atoms with Crippen LogP contribution in [0.4, 0.5) is 0 Å². The molecule has 3 rings (SSSR count). The zero-order chi connectivity index (χ0) is 12.8. The molecule has 1 atom stereocenters. The Balaban J connectivity index is 1.46. The molecule has 0 aromatic rings. The molecule has 106 valence electrons. The van der Waals surface area contributed by atoms with Gasteiger partial charge in [-0.1, -0.05) is 39.5 Å². The van der Waals surface area contributed by atoms with Gasteiger partial charge < -0.3 is 10.2 Å². The van der Waals surface area contributed by atoms with Gasteiger partial charge in [-0.3, -0.25) is 0 Å². The van der Waals surface area contributed by atoms with E-state index < -0.39 is 0 Å². The lowest BCUT2D eigenvalue weighted by Crippen LogP contribution is -2.56. The van der Waals surface area contributed by atoms with Crippen LogP contribution >= 0.6 is 0 Å². The summed E-state index contributed by atoms with van der Waals surface area (Å²) in [6.07, 6.45) is 9.94. The Hall–Kier alpha value is -0.0800. The van der Waals surface area contributed by atoms with E-state index in [-0.39, 0.29) is 0 Å². The predicted octanol–water partition coefficient (Wildman–Crippen LogP) is 3.28. The van der Waals surface area contributed by atoms with E-state index in [1.165, 1.54) is 71.1 Å². The predicted molar refractivity (Wildman–Crippen MR) is 78.9 cm³/mol. The first-order chi connectivity index (χ1) is 8.75. The summed E-state index contributed by atoms with van der Waals surface area (Å²) in [7, 11) is 0. The number of nitrogens with one attached hydrogen (secondary N) is 1. The van der Waals surface area contributed by atoms with Crippen molar-refractivity contribution in [3.05, 3.63) is 0 Å². The van der Waals surface area contributed by atoms with Crippen LogP contribution in [0, 0.1) is 11.8 Å². The second-order valence-electron chi connectivity index (χ2n) is 6.80. The SMILES string of the molecule is CC(C)CCCCCCNC1CN2CCC1CC2. The largest absolute Gasteiger partial charge is 0.312 e. The van der Waals surface area contributed by atoms with Gasteiger partial charge in [0.15, 0.2) is 0 Å². The fraction of sp³-hybridized carbons (Fsp3) is 1.00. The molecular weight excluding hydrogens is 220 g/mol. The lowest BCUT2D eigenvalue weighted by atomic mass is 9.84. The van der Waals surface area contributed by atoms with Crippen molar-refractivity contribution < 1.29 is 0 Å². The molecule has 3 heterocycles. The van der Waals surface area contributed by atoms with Gasteiger partial charge in [0, 0.05) is 12.6 Å². The Labute approximate surface area is 114 Å². The molecule has 0 saturated carbocycles. The van der Waals surface area contributed by atoms with E-state index in [0.717, 1.165) is 17.9 Å². The minimum Gasteiger partial charge on any atom is -0.312 e. The lowest BCUT2D eigenvalue weighted by molar-refractivity contribution is 0.0727. The van der Waals surface area contributed by atoms with Crippen LogP contribution in [0.3, 0.4) is 0 Å². The van der Waals surface area contributed by atoms with Crippen molar-refractivity contribution in [1.82, 2.24) is 10.2 Å². The highest BCUT2D eigenvalue weighted by Gasteiger charge is 2.33. The highest BCUT2D eigenvalue weighted by molar-refractivity contribution is 4.90. The van der Waals surface area contributed by atoms with Gasteiger partial charge in [0.25, 0.3) is 0 Å². The first-order valence-electron chi connectivity index (χ1n) is 8.21. The van der Waals surface area contributed by atoms with Crippen molar-refractivity contribution in [2.24, 2.45) is 11.8 Å². The van der Waals surface area contributed by atoms with Crippen LogP contribution in [0.5, 0.6) is 0 Å². The Morgan fingerprint density at radius 1 is 1.06 bits per heavy atom. The summed E-state index contributed by atoms with van der Waals surface area (Å²) >= 11 is 0. The molecule has 1 unspecified atom stereocenters. The average Bonchev–Trinajstić information content (AvgIpc) is 2.39. The molecule has 3 saturated heterocycles. The molecule has 0 aromatic carbocycles. The average molecular weight is 252 g/mol. The van der Waals surface area contributed by atoms with Crippen LogP contribution in [-0.2, 0) is 0 Å².